The zero-order valence-electron chi connectivity index (χ0n) is 20.4. The van der Waals surface area contributed by atoms with E-state index in [1.165, 1.54) is 10.8 Å². The molecule has 1 aromatic carbocycles. The number of aryl methyl sites for hydroxylation is 1. The van der Waals surface area contributed by atoms with Crippen LogP contribution in [0.2, 0.25) is 0 Å². The summed E-state index contributed by atoms with van der Waals surface area (Å²) in [7, 11) is -3.96. The molecule has 1 unspecified atom stereocenters. The summed E-state index contributed by atoms with van der Waals surface area (Å²) in [6, 6.07) is 8.32. The number of rotatable bonds is 10. The summed E-state index contributed by atoms with van der Waals surface area (Å²) >= 11 is 5.16. The summed E-state index contributed by atoms with van der Waals surface area (Å²) in [5, 5.41) is 21.2. The average molecular weight is 543 g/mol. The minimum atomic E-state index is -3.96. The molecule has 3 rings (SSSR count). The lowest BCUT2D eigenvalue weighted by Crippen LogP contribution is -2.34. The van der Waals surface area contributed by atoms with Gasteiger partial charge in [-0.25, -0.2) is 4.57 Å². The van der Waals surface area contributed by atoms with E-state index in [2.05, 4.69) is 4.98 Å². The summed E-state index contributed by atoms with van der Waals surface area (Å²) in [5.41, 5.74) is -0.0510. The van der Waals surface area contributed by atoms with Gasteiger partial charge in [-0.1, -0.05) is 25.1 Å². The maximum Gasteiger partial charge on any atom is 0.380 e. The van der Waals surface area contributed by atoms with Crippen molar-refractivity contribution < 1.29 is 38.1 Å². The van der Waals surface area contributed by atoms with Gasteiger partial charge in [-0.05, 0) is 45.1 Å². The average Bonchev–Trinajstić information content (AvgIpc) is 3.08. The second-order valence-electron chi connectivity index (χ2n) is 8.91. The molecule has 1 aliphatic rings. The molecule has 0 radical (unpaired) electrons. The smallest absolute Gasteiger partial charge is 0.380 e. The van der Waals surface area contributed by atoms with Crippen LogP contribution in [-0.2, 0) is 23.4 Å². The van der Waals surface area contributed by atoms with Gasteiger partial charge in [0.25, 0.3) is 5.56 Å². The Labute approximate surface area is 213 Å². The number of ether oxygens (including phenoxy) is 2. The number of carbonyl (C=O) groups is 1. The predicted molar refractivity (Wildman–Crippen MR) is 132 cm³/mol. The number of H-pyrrole nitrogens is 1. The molecular formula is C23H31N2O9PS. The first-order valence-corrected chi connectivity index (χ1v) is 13.6. The third-order valence-corrected chi connectivity index (χ3v) is 7.77. The molecule has 0 amide bonds. The molecule has 11 nitrogen and oxygen atoms in total. The van der Waals surface area contributed by atoms with E-state index in [0.29, 0.717) is 5.56 Å². The molecule has 1 fully saturated rings. The lowest BCUT2D eigenvalue weighted by atomic mass is 10.1. The van der Waals surface area contributed by atoms with Crippen LogP contribution in [0.3, 0.4) is 0 Å². The number of hydrogen-bond acceptors (Lipinski definition) is 10. The molecule has 2 aromatic rings. The normalized spacial score (nSPS) is 24.3. The Morgan fingerprint density at radius 3 is 2.53 bits per heavy atom. The highest BCUT2D eigenvalue weighted by molar-refractivity contribution is 7.71. The van der Waals surface area contributed by atoms with Crippen LogP contribution < -0.4 is 10.1 Å². The number of hydrogen-bond donors (Lipinski definition) is 3. The predicted octanol–water partition coefficient (Wildman–Crippen LogP) is 2.71. The van der Waals surface area contributed by atoms with Crippen LogP contribution in [0.5, 0.6) is 5.75 Å². The Hall–Kier alpha value is -2.34. The first kappa shape index (κ1) is 28.2. The van der Waals surface area contributed by atoms with E-state index in [4.69, 9.17) is 30.7 Å². The number of nitrogens with zero attached hydrogens (tertiary/aromatic N) is 1. The number of para-hydroxylation sites is 1. The third kappa shape index (κ3) is 6.90. The fourth-order valence-corrected chi connectivity index (χ4v) is 5.69. The largest absolute Gasteiger partial charge is 0.463 e. The van der Waals surface area contributed by atoms with Gasteiger partial charge in [0, 0.05) is 11.8 Å². The number of nitrogens with one attached hydrogen (secondary N) is 1. The zero-order valence-corrected chi connectivity index (χ0v) is 22.1. The molecular weight excluding hydrogens is 511 g/mol. The topological polar surface area (TPSA) is 149 Å². The number of carbonyl (C=O) groups excluding carboxylic acids is 1. The summed E-state index contributed by atoms with van der Waals surface area (Å²) in [4.78, 5) is 26.6. The third-order valence-electron chi connectivity index (χ3n) is 5.43. The van der Waals surface area contributed by atoms with Crippen molar-refractivity contribution in [3.63, 3.8) is 0 Å². The minimum absolute atomic E-state index is 0.000935. The van der Waals surface area contributed by atoms with Gasteiger partial charge in [0.15, 0.2) is 11.0 Å². The summed E-state index contributed by atoms with van der Waals surface area (Å²) in [6.45, 7) is 6.11. The van der Waals surface area contributed by atoms with Crippen molar-refractivity contribution in [1.82, 2.24) is 9.55 Å². The fourth-order valence-electron chi connectivity index (χ4n) is 3.58. The summed E-state index contributed by atoms with van der Waals surface area (Å²) in [5.74, 6) is -1.09. The van der Waals surface area contributed by atoms with Crippen molar-refractivity contribution in [2.45, 2.75) is 58.3 Å². The second kappa shape index (κ2) is 11.8. The van der Waals surface area contributed by atoms with Crippen molar-refractivity contribution in [2.24, 2.45) is 5.92 Å². The van der Waals surface area contributed by atoms with Crippen molar-refractivity contribution in [3.8, 4) is 5.75 Å². The SMILES string of the molecule is Cc1cn([C@H]2O[C@@H](CO[P@@](=O)(C[C@@H](C)C(=O)OC(C)C)Oc3ccccc3)C(O)[C@H]2O)c(=S)[nH]c1=O. The van der Waals surface area contributed by atoms with E-state index in [0.717, 1.165) is 0 Å². The molecule has 6 atom stereocenters. The number of aromatic nitrogens is 2. The van der Waals surface area contributed by atoms with E-state index < -0.39 is 50.6 Å². The van der Waals surface area contributed by atoms with E-state index in [1.54, 1.807) is 58.0 Å². The molecule has 0 aliphatic carbocycles. The Balaban J connectivity index is 1.77. The van der Waals surface area contributed by atoms with Crippen LogP contribution in [0.25, 0.3) is 0 Å². The van der Waals surface area contributed by atoms with Crippen molar-refractivity contribution in [1.29, 1.82) is 0 Å². The van der Waals surface area contributed by atoms with Gasteiger partial charge in [-0.3, -0.25) is 23.7 Å². The lowest BCUT2D eigenvalue weighted by Gasteiger charge is -2.24. The Bertz CT molecular complexity index is 1220. The minimum Gasteiger partial charge on any atom is -0.463 e. The Kier molecular flexibility index (Phi) is 9.26. The number of benzene rings is 1. The van der Waals surface area contributed by atoms with Gasteiger partial charge in [0.1, 0.15) is 24.1 Å². The maximum absolute atomic E-state index is 13.7. The fraction of sp³-hybridized carbons (Fsp3) is 0.522. The number of aromatic amines is 1. The molecule has 2 heterocycles. The molecule has 0 bridgehead atoms. The van der Waals surface area contributed by atoms with Crippen LogP contribution in [0.15, 0.2) is 41.3 Å². The van der Waals surface area contributed by atoms with Crippen molar-refractivity contribution in [3.05, 3.63) is 57.2 Å². The Morgan fingerprint density at radius 2 is 1.89 bits per heavy atom. The monoisotopic (exact) mass is 542 g/mol. The molecule has 198 valence electrons. The van der Waals surface area contributed by atoms with Crippen molar-refractivity contribution >= 4 is 25.8 Å². The van der Waals surface area contributed by atoms with Crippen LogP contribution in [-0.4, -0.2) is 62.9 Å². The maximum atomic E-state index is 13.7. The summed E-state index contributed by atoms with van der Waals surface area (Å²) < 4.78 is 37.3. The van der Waals surface area contributed by atoms with Crippen LogP contribution in [0.4, 0.5) is 0 Å². The highest BCUT2D eigenvalue weighted by atomic mass is 32.1. The first-order chi connectivity index (χ1) is 16.9. The highest BCUT2D eigenvalue weighted by Gasteiger charge is 2.45. The van der Waals surface area contributed by atoms with Gasteiger partial charge >= 0.3 is 13.6 Å². The molecule has 36 heavy (non-hydrogen) atoms. The zero-order chi connectivity index (χ0) is 26.6. The molecule has 1 aliphatic heterocycles. The second-order valence-corrected chi connectivity index (χ2v) is 11.3. The first-order valence-electron chi connectivity index (χ1n) is 11.4. The van der Waals surface area contributed by atoms with Gasteiger partial charge in [0.2, 0.25) is 0 Å². The standard InChI is InChI=1S/C23H31N2O9PS/c1-13(2)32-22(29)15(4)12-35(30,34-16-8-6-5-7-9-16)31-11-17-18(26)19(27)21(33-17)25-10-14(3)20(28)24-23(25)36/h5-10,13,15,17-19,21,26-27H,11-12H2,1-4H3,(H,24,28,36)/t15-,17+,18?,19-,21+,35+/m1/s1. The highest BCUT2D eigenvalue weighted by Crippen LogP contribution is 2.50. The van der Waals surface area contributed by atoms with Crippen LogP contribution >= 0.6 is 19.8 Å². The van der Waals surface area contributed by atoms with Crippen molar-refractivity contribution in [2.75, 3.05) is 12.8 Å². The quantitative estimate of drug-likeness (QED) is 0.232. The molecule has 1 saturated heterocycles. The van der Waals surface area contributed by atoms with E-state index in [1.807, 2.05) is 0 Å². The van der Waals surface area contributed by atoms with E-state index in [-0.39, 0.29) is 28.3 Å². The summed E-state index contributed by atoms with van der Waals surface area (Å²) in [6.07, 6.45) is -4.28. The van der Waals surface area contributed by atoms with Gasteiger partial charge < -0.3 is 24.2 Å². The van der Waals surface area contributed by atoms with Crippen LogP contribution in [0, 0.1) is 17.6 Å². The van der Waals surface area contributed by atoms with Crippen LogP contribution in [0.1, 0.15) is 32.6 Å². The van der Waals surface area contributed by atoms with Gasteiger partial charge in [0.05, 0.1) is 24.8 Å². The molecule has 1 aromatic heterocycles. The Morgan fingerprint density at radius 1 is 1.22 bits per heavy atom. The molecule has 3 N–H and O–H groups in total. The lowest BCUT2D eigenvalue weighted by molar-refractivity contribution is -0.151. The van der Waals surface area contributed by atoms with Gasteiger partial charge in [-0.15, -0.1) is 0 Å². The number of aliphatic hydroxyl groups is 2. The molecule has 13 heteroatoms. The molecule has 0 saturated carbocycles. The number of aliphatic hydroxyl groups excluding tert-OH is 2. The molecule has 0 spiro atoms. The van der Waals surface area contributed by atoms with Gasteiger partial charge in [-0.2, -0.15) is 0 Å². The number of esters is 1. The van der Waals surface area contributed by atoms with E-state index in [9.17, 15) is 24.4 Å². The van der Waals surface area contributed by atoms with E-state index >= 15 is 0 Å².